The number of sulfonamides is 1. The standard InChI is InChI=1S/C7H15NO3S/c1-2-3-4-12(9,10)8-5-7-6-11-7/h7-8H,2-6H2,1H3/t7-/m1/s1. The van der Waals surface area contributed by atoms with Crippen LogP contribution >= 0.6 is 0 Å². The van der Waals surface area contributed by atoms with E-state index in [0.29, 0.717) is 13.2 Å². The number of rotatable bonds is 6. The highest BCUT2D eigenvalue weighted by molar-refractivity contribution is 7.89. The van der Waals surface area contributed by atoms with E-state index in [2.05, 4.69) is 4.72 Å². The topological polar surface area (TPSA) is 58.7 Å². The molecule has 0 aromatic heterocycles. The Hall–Kier alpha value is -0.130. The molecule has 1 N–H and O–H groups in total. The zero-order valence-electron chi connectivity index (χ0n) is 7.25. The molecule has 0 unspecified atom stereocenters. The summed E-state index contributed by atoms with van der Waals surface area (Å²) < 4.78 is 29.7. The lowest BCUT2D eigenvalue weighted by Crippen LogP contribution is -2.29. The van der Waals surface area contributed by atoms with Crippen molar-refractivity contribution in [3.8, 4) is 0 Å². The van der Waals surface area contributed by atoms with Crippen LogP contribution in [0.3, 0.4) is 0 Å². The highest BCUT2D eigenvalue weighted by atomic mass is 32.2. The Balaban J connectivity index is 2.17. The van der Waals surface area contributed by atoms with Gasteiger partial charge in [-0.25, -0.2) is 13.1 Å². The third-order valence-corrected chi connectivity index (χ3v) is 3.13. The SMILES string of the molecule is CCCCS(=O)(=O)NC[C@@H]1CO1. The summed E-state index contributed by atoms with van der Waals surface area (Å²) in [5.41, 5.74) is 0. The molecule has 0 spiro atoms. The Morgan fingerprint density at radius 1 is 1.58 bits per heavy atom. The highest BCUT2D eigenvalue weighted by Crippen LogP contribution is 2.07. The number of ether oxygens (including phenoxy) is 1. The van der Waals surface area contributed by atoms with Crippen molar-refractivity contribution in [2.45, 2.75) is 25.9 Å². The van der Waals surface area contributed by atoms with Crippen molar-refractivity contribution in [3.05, 3.63) is 0 Å². The van der Waals surface area contributed by atoms with Crippen molar-refractivity contribution >= 4 is 10.0 Å². The second-order valence-electron chi connectivity index (χ2n) is 2.98. The summed E-state index contributed by atoms with van der Waals surface area (Å²) in [6.07, 6.45) is 1.75. The van der Waals surface area contributed by atoms with Crippen LogP contribution in [0.4, 0.5) is 0 Å². The molecule has 1 saturated heterocycles. The second kappa shape index (κ2) is 4.20. The van der Waals surface area contributed by atoms with Gasteiger partial charge in [-0.2, -0.15) is 0 Å². The van der Waals surface area contributed by atoms with Gasteiger partial charge in [0.1, 0.15) is 0 Å². The number of unbranched alkanes of at least 4 members (excludes halogenated alkanes) is 1. The fourth-order valence-corrected chi connectivity index (χ4v) is 2.07. The summed E-state index contributed by atoms with van der Waals surface area (Å²) in [6, 6.07) is 0. The lowest BCUT2D eigenvalue weighted by atomic mass is 10.4. The van der Waals surface area contributed by atoms with E-state index in [1.165, 1.54) is 0 Å². The first-order valence-electron chi connectivity index (χ1n) is 4.23. The van der Waals surface area contributed by atoms with E-state index in [-0.39, 0.29) is 11.9 Å². The molecule has 1 aliphatic rings. The van der Waals surface area contributed by atoms with Crippen LogP contribution in [0.1, 0.15) is 19.8 Å². The Labute approximate surface area is 73.3 Å². The normalized spacial score (nSPS) is 22.6. The van der Waals surface area contributed by atoms with Gasteiger partial charge in [0.2, 0.25) is 10.0 Å². The molecule has 1 atom stereocenters. The summed E-state index contributed by atoms with van der Waals surface area (Å²) in [6.45, 7) is 3.10. The first-order valence-corrected chi connectivity index (χ1v) is 5.88. The van der Waals surface area contributed by atoms with Crippen molar-refractivity contribution < 1.29 is 13.2 Å². The number of epoxide rings is 1. The molecular formula is C7H15NO3S. The molecule has 0 aromatic rings. The van der Waals surface area contributed by atoms with Gasteiger partial charge in [-0.1, -0.05) is 13.3 Å². The zero-order chi connectivity index (χ0) is 9.03. The van der Waals surface area contributed by atoms with E-state index >= 15 is 0 Å². The van der Waals surface area contributed by atoms with Crippen molar-refractivity contribution in [2.24, 2.45) is 0 Å². The molecule has 1 rings (SSSR count). The Morgan fingerprint density at radius 2 is 2.25 bits per heavy atom. The average molecular weight is 193 g/mol. The molecule has 0 aromatic carbocycles. The maximum absolute atomic E-state index is 11.2. The van der Waals surface area contributed by atoms with E-state index in [4.69, 9.17) is 4.74 Å². The minimum atomic E-state index is -3.03. The minimum Gasteiger partial charge on any atom is -0.372 e. The van der Waals surface area contributed by atoms with Crippen LogP contribution in [0.15, 0.2) is 0 Å². The average Bonchev–Trinajstić information content (AvgIpc) is 2.81. The number of nitrogens with one attached hydrogen (secondary N) is 1. The van der Waals surface area contributed by atoms with Crippen LogP contribution in [0.2, 0.25) is 0 Å². The smallest absolute Gasteiger partial charge is 0.211 e. The van der Waals surface area contributed by atoms with E-state index < -0.39 is 10.0 Å². The third-order valence-electron chi connectivity index (χ3n) is 1.70. The van der Waals surface area contributed by atoms with Gasteiger partial charge in [0, 0.05) is 6.54 Å². The Bertz CT molecular complexity index is 221. The zero-order valence-corrected chi connectivity index (χ0v) is 8.06. The quantitative estimate of drug-likeness (QED) is 0.609. The fraction of sp³-hybridized carbons (Fsp3) is 1.00. The monoisotopic (exact) mass is 193 g/mol. The summed E-state index contributed by atoms with van der Waals surface area (Å²) in [4.78, 5) is 0. The lowest BCUT2D eigenvalue weighted by molar-refractivity contribution is 0.406. The molecule has 4 nitrogen and oxygen atoms in total. The fourth-order valence-electron chi connectivity index (χ4n) is 0.812. The van der Waals surface area contributed by atoms with Crippen molar-refractivity contribution in [2.75, 3.05) is 18.9 Å². The molecule has 1 fully saturated rings. The molecule has 5 heteroatoms. The van der Waals surface area contributed by atoms with Crippen LogP contribution in [-0.2, 0) is 14.8 Å². The molecule has 0 radical (unpaired) electrons. The predicted octanol–water partition coefficient (Wildman–Crippen LogP) is 0.105. The van der Waals surface area contributed by atoms with Crippen LogP contribution in [0, 0.1) is 0 Å². The first kappa shape index (κ1) is 9.95. The van der Waals surface area contributed by atoms with Gasteiger partial charge in [-0.3, -0.25) is 0 Å². The van der Waals surface area contributed by atoms with Gasteiger partial charge in [-0.05, 0) is 6.42 Å². The van der Waals surface area contributed by atoms with Crippen LogP contribution < -0.4 is 4.72 Å². The molecule has 72 valence electrons. The molecule has 0 aliphatic carbocycles. The van der Waals surface area contributed by atoms with Crippen LogP contribution in [-0.4, -0.2) is 33.4 Å². The molecule has 0 bridgehead atoms. The summed E-state index contributed by atoms with van der Waals surface area (Å²) in [5.74, 6) is 0.232. The summed E-state index contributed by atoms with van der Waals surface area (Å²) in [7, 11) is -3.03. The second-order valence-corrected chi connectivity index (χ2v) is 4.90. The maximum Gasteiger partial charge on any atom is 0.211 e. The first-order chi connectivity index (χ1) is 5.64. The Morgan fingerprint density at radius 3 is 2.75 bits per heavy atom. The Kier molecular flexibility index (Phi) is 3.49. The molecule has 1 heterocycles. The molecule has 0 amide bonds. The lowest BCUT2D eigenvalue weighted by Gasteiger charge is -2.02. The van der Waals surface area contributed by atoms with Crippen molar-refractivity contribution in [3.63, 3.8) is 0 Å². The molecule has 0 saturated carbocycles. The number of hydrogen-bond donors (Lipinski definition) is 1. The van der Waals surface area contributed by atoms with Gasteiger partial charge in [0.15, 0.2) is 0 Å². The van der Waals surface area contributed by atoms with E-state index in [9.17, 15) is 8.42 Å². The highest BCUT2D eigenvalue weighted by Gasteiger charge is 2.24. The van der Waals surface area contributed by atoms with Crippen LogP contribution in [0.5, 0.6) is 0 Å². The van der Waals surface area contributed by atoms with E-state index in [0.717, 1.165) is 12.8 Å². The molecule has 1 aliphatic heterocycles. The molecule has 12 heavy (non-hydrogen) atoms. The van der Waals surface area contributed by atoms with Gasteiger partial charge >= 0.3 is 0 Å². The van der Waals surface area contributed by atoms with Crippen molar-refractivity contribution in [1.29, 1.82) is 0 Å². The largest absolute Gasteiger partial charge is 0.372 e. The maximum atomic E-state index is 11.2. The summed E-state index contributed by atoms with van der Waals surface area (Å²) >= 11 is 0. The van der Waals surface area contributed by atoms with Gasteiger partial charge in [0.05, 0.1) is 18.5 Å². The van der Waals surface area contributed by atoms with E-state index in [1.807, 2.05) is 6.92 Å². The molecular weight excluding hydrogens is 178 g/mol. The van der Waals surface area contributed by atoms with Crippen LogP contribution in [0.25, 0.3) is 0 Å². The number of hydrogen-bond acceptors (Lipinski definition) is 3. The summed E-state index contributed by atoms with van der Waals surface area (Å²) in [5, 5.41) is 0. The third kappa shape index (κ3) is 4.04. The van der Waals surface area contributed by atoms with Gasteiger partial charge < -0.3 is 4.74 Å². The van der Waals surface area contributed by atoms with E-state index in [1.54, 1.807) is 0 Å². The predicted molar refractivity (Wildman–Crippen MR) is 46.4 cm³/mol. The van der Waals surface area contributed by atoms with Crippen molar-refractivity contribution in [1.82, 2.24) is 4.72 Å². The van der Waals surface area contributed by atoms with Gasteiger partial charge in [-0.15, -0.1) is 0 Å². The van der Waals surface area contributed by atoms with Gasteiger partial charge in [0.25, 0.3) is 0 Å². The minimum absolute atomic E-state index is 0.126.